The van der Waals surface area contributed by atoms with Crippen LogP contribution in [0.2, 0.25) is 0 Å². The predicted molar refractivity (Wildman–Crippen MR) is 102 cm³/mol. The van der Waals surface area contributed by atoms with Gasteiger partial charge in [0.15, 0.2) is 5.78 Å². The fourth-order valence-electron chi connectivity index (χ4n) is 3.70. The Morgan fingerprint density at radius 1 is 1.18 bits per heavy atom. The Morgan fingerprint density at radius 3 is 2.43 bits per heavy atom. The molecule has 1 aromatic heterocycles. The number of hydrogen-bond acceptors (Lipinski definition) is 3. The number of benzene rings is 1. The van der Waals surface area contributed by atoms with E-state index in [0.717, 1.165) is 17.0 Å². The maximum absolute atomic E-state index is 13.4. The molecule has 2 aromatic rings. The normalized spacial score (nSPS) is 19.2. The Balaban J connectivity index is 1.91. The van der Waals surface area contributed by atoms with Crippen LogP contribution in [-0.2, 0) is 10.3 Å². The topological polar surface area (TPSA) is 82.3 Å². The lowest BCUT2D eigenvalue weighted by atomic mass is 9.84. The summed E-state index contributed by atoms with van der Waals surface area (Å²) in [6, 6.07) is 6.65. The summed E-state index contributed by atoms with van der Waals surface area (Å²) in [5.74, 6) is -1.21. The summed E-state index contributed by atoms with van der Waals surface area (Å²) in [7, 11) is 0. The molecule has 2 heterocycles. The molecule has 0 saturated carbocycles. The molecule has 0 bridgehead atoms. The summed E-state index contributed by atoms with van der Waals surface area (Å²) in [6.45, 7) is 5.26. The lowest BCUT2D eigenvalue weighted by molar-refractivity contribution is -0.131. The van der Waals surface area contributed by atoms with Crippen LogP contribution in [0.1, 0.15) is 53.5 Å². The Bertz CT molecular complexity index is 919. The average molecular weight is 385 g/mol. The number of rotatable bonds is 7. The van der Waals surface area contributed by atoms with E-state index in [4.69, 9.17) is 0 Å². The van der Waals surface area contributed by atoms with Gasteiger partial charge in [-0.1, -0.05) is 31.9 Å². The molecule has 6 nitrogen and oxygen atoms in total. The van der Waals surface area contributed by atoms with Gasteiger partial charge < -0.3 is 10.3 Å². The molecule has 3 rings (SSSR count). The molecule has 3 amide bonds. The van der Waals surface area contributed by atoms with Gasteiger partial charge in [0, 0.05) is 17.0 Å². The number of unbranched alkanes of at least 4 members (excludes halogenated alkanes) is 1. The number of Topliss-reactive ketones (excluding diaryl/α,β-unsaturated/α-hetero) is 1. The van der Waals surface area contributed by atoms with E-state index in [1.165, 1.54) is 24.3 Å². The largest absolute Gasteiger partial charge is 0.362 e. The molecule has 1 aromatic carbocycles. The van der Waals surface area contributed by atoms with Crippen LogP contribution < -0.4 is 5.32 Å². The highest BCUT2D eigenvalue weighted by Crippen LogP contribution is 2.34. The Morgan fingerprint density at radius 2 is 1.86 bits per heavy atom. The van der Waals surface area contributed by atoms with Gasteiger partial charge in [-0.15, -0.1) is 0 Å². The van der Waals surface area contributed by atoms with Gasteiger partial charge >= 0.3 is 6.03 Å². The molecule has 0 spiro atoms. The monoisotopic (exact) mass is 385 g/mol. The zero-order valence-corrected chi connectivity index (χ0v) is 16.3. The second-order valence-corrected chi connectivity index (χ2v) is 7.25. The van der Waals surface area contributed by atoms with Gasteiger partial charge in [0.25, 0.3) is 5.91 Å². The first kappa shape index (κ1) is 19.8. The number of imide groups is 1. The third-order valence-corrected chi connectivity index (χ3v) is 5.17. The number of H-pyrrole nitrogens is 1. The number of halogens is 1. The number of aromatic nitrogens is 1. The number of carbonyl (C=O) groups excluding carboxylic acids is 3. The van der Waals surface area contributed by atoms with Crippen LogP contribution >= 0.6 is 0 Å². The van der Waals surface area contributed by atoms with E-state index in [1.807, 2.05) is 13.8 Å². The lowest BCUT2D eigenvalue weighted by Gasteiger charge is -2.27. The van der Waals surface area contributed by atoms with Gasteiger partial charge in [0.05, 0.1) is 6.54 Å². The maximum atomic E-state index is 13.4. The molecule has 1 saturated heterocycles. The summed E-state index contributed by atoms with van der Waals surface area (Å²) in [5.41, 5.74) is 1.24. The smallest absolute Gasteiger partial charge is 0.325 e. The SMILES string of the molecule is CCCCC1(c2ccc(F)cc2)NC(=O)N(CC(=O)c2cc(C)[nH]c2C)C1=O. The number of hydrogen-bond donors (Lipinski definition) is 2. The number of amides is 3. The minimum Gasteiger partial charge on any atom is -0.362 e. The van der Waals surface area contributed by atoms with Gasteiger partial charge in [-0.2, -0.15) is 0 Å². The van der Waals surface area contributed by atoms with E-state index in [0.29, 0.717) is 29.7 Å². The quantitative estimate of drug-likeness (QED) is 0.564. The predicted octanol–water partition coefficient (Wildman–Crippen LogP) is 3.59. The fourth-order valence-corrected chi connectivity index (χ4v) is 3.70. The first-order chi connectivity index (χ1) is 13.3. The number of aryl methyl sites for hydroxylation is 2. The van der Waals surface area contributed by atoms with Crippen molar-refractivity contribution < 1.29 is 18.8 Å². The van der Waals surface area contributed by atoms with E-state index in [9.17, 15) is 18.8 Å². The molecule has 1 atom stereocenters. The zero-order valence-electron chi connectivity index (χ0n) is 16.3. The van der Waals surface area contributed by atoms with Gasteiger partial charge in [0.1, 0.15) is 11.4 Å². The van der Waals surface area contributed by atoms with Crippen molar-refractivity contribution in [2.45, 2.75) is 45.6 Å². The van der Waals surface area contributed by atoms with Crippen molar-refractivity contribution in [3.63, 3.8) is 0 Å². The third kappa shape index (κ3) is 3.44. The minimum atomic E-state index is -1.27. The lowest BCUT2D eigenvalue weighted by Crippen LogP contribution is -2.44. The van der Waals surface area contributed by atoms with Crippen molar-refractivity contribution >= 4 is 17.7 Å². The van der Waals surface area contributed by atoms with Crippen LogP contribution in [0, 0.1) is 19.7 Å². The summed E-state index contributed by atoms with van der Waals surface area (Å²) < 4.78 is 13.4. The fraction of sp³-hybridized carbons (Fsp3) is 0.381. The number of nitrogens with one attached hydrogen (secondary N) is 2. The molecule has 1 unspecified atom stereocenters. The van der Waals surface area contributed by atoms with Crippen molar-refractivity contribution in [3.8, 4) is 0 Å². The van der Waals surface area contributed by atoms with Crippen molar-refractivity contribution in [2.24, 2.45) is 0 Å². The number of nitrogens with zero attached hydrogens (tertiary/aromatic N) is 1. The van der Waals surface area contributed by atoms with E-state index in [1.54, 1.807) is 13.0 Å². The summed E-state index contributed by atoms with van der Waals surface area (Å²) in [4.78, 5) is 42.6. The summed E-state index contributed by atoms with van der Waals surface area (Å²) in [6.07, 6.45) is 1.90. The molecule has 0 radical (unpaired) electrons. The average Bonchev–Trinajstić information content (AvgIpc) is 3.12. The molecule has 0 aliphatic carbocycles. The summed E-state index contributed by atoms with van der Waals surface area (Å²) in [5, 5.41) is 2.77. The molecule has 1 fully saturated rings. The van der Waals surface area contributed by atoms with Crippen molar-refractivity contribution in [2.75, 3.05) is 6.54 Å². The second-order valence-electron chi connectivity index (χ2n) is 7.25. The Kier molecular flexibility index (Phi) is 5.36. The van der Waals surface area contributed by atoms with E-state index in [-0.39, 0.29) is 12.3 Å². The first-order valence-electron chi connectivity index (χ1n) is 9.38. The van der Waals surface area contributed by atoms with Crippen molar-refractivity contribution in [1.29, 1.82) is 0 Å². The van der Waals surface area contributed by atoms with Gasteiger partial charge in [-0.05, 0) is 44.0 Å². The maximum Gasteiger partial charge on any atom is 0.325 e. The van der Waals surface area contributed by atoms with Gasteiger partial charge in [-0.3, -0.25) is 14.5 Å². The van der Waals surface area contributed by atoms with Crippen LogP contribution in [0.25, 0.3) is 0 Å². The molecule has 28 heavy (non-hydrogen) atoms. The van der Waals surface area contributed by atoms with E-state index in [2.05, 4.69) is 10.3 Å². The molecular weight excluding hydrogens is 361 g/mol. The van der Waals surface area contributed by atoms with Crippen molar-refractivity contribution in [1.82, 2.24) is 15.2 Å². The minimum absolute atomic E-state index is 0.309. The number of ketones is 1. The molecule has 148 valence electrons. The van der Waals surface area contributed by atoms with E-state index >= 15 is 0 Å². The third-order valence-electron chi connectivity index (χ3n) is 5.17. The Labute approximate surface area is 163 Å². The second kappa shape index (κ2) is 7.58. The summed E-state index contributed by atoms with van der Waals surface area (Å²) >= 11 is 0. The number of carbonyl (C=O) groups is 3. The standard InChI is InChI=1S/C21H24FN3O3/c1-4-5-10-21(15-6-8-16(22)9-7-15)19(27)25(20(28)24-21)12-18(26)17-11-13(2)23-14(17)3/h6-9,11,23H,4-5,10,12H2,1-3H3,(H,24,28). The van der Waals surface area contributed by atoms with E-state index < -0.39 is 23.3 Å². The zero-order chi connectivity index (χ0) is 20.5. The van der Waals surface area contributed by atoms with Crippen molar-refractivity contribution in [3.05, 3.63) is 58.7 Å². The molecule has 1 aliphatic heterocycles. The molecular formula is C21H24FN3O3. The van der Waals surface area contributed by atoms with Crippen LogP contribution in [0.5, 0.6) is 0 Å². The number of urea groups is 1. The highest BCUT2D eigenvalue weighted by Gasteiger charge is 2.52. The van der Waals surface area contributed by atoms with Crippen LogP contribution in [0.3, 0.4) is 0 Å². The first-order valence-corrected chi connectivity index (χ1v) is 9.38. The highest BCUT2D eigenvalue weighted by molar-refractivity contribution is 6.11. The highest BCUT2D eigenvalue weighted by atomic mass is 19.1. The van der Waals surface area contributed by atoms with Gasteiger partial charge in [0.2, 0.25) is 0 Å². The molecule has 1 aliphatic rings. The Hall–Kier alpha value is -2.96. The van der Waals surface area contributed by atoms with Crippen LogP contribution in [0.15, 0.2) is 30.3 Å². The molecule has 2 N–H and O–H groups in total. The molecule has 7 heteroatoms. The van der Waals surface area contributed by atoms with Crippen LogP contribution in [-0.4, -0.2) is 34.2 Å². The number of aromatic amines is 1. The van der Waals surface area contributed by atoms with Gasteiger partial charge in [-0.25, -0.2) is 9.18 Å². The van der Waals surface area contributed by atoms with Crippen LogP contribution in [0.4, 0.5) is 9.18 Å².